The van der Waals surface area contributed by atoms with Crippen LogP contribution in [-0.4, -0.2) is 107 Å². The number of amides is 3. The molecule has 3 fully saturated rings. The van der Waals surface area contributed by atoms with E-state index in [0.29, 0.717) is 42.8 Å². The Morgan fingerprint density at radius 1 is 1.15 bits per heavy atom. The second kappa shape index (κ2) is 11.5. The number of anilines is 3. The predicted octanol–water partition coefficient (Wildman–Crippen LogP) is 2.39. The van der Waals surface area contributed by atoms with Gasteiger partial charge >= 0.3 is 12.1 Å². The number of nitrogens with zero attached hydrogens (tertiary/aromatic N) is 7. The highest BCUT2D eigenvalue weighted by atomic mass is 19.1. The van der Waals surface area contributed by atoms with Gasteiger partial charge in [0.25, 0.3) is 0 Å². The lowest BCUT2D eigenvalue weighted by molar-refractivity contribution is 0.0585. The van der Waals surface area contributed by atoms with E-state index in [1.165, 1.54) is 30.5 Å². The molecule has 0 spiro atoms. The van der Waals surface area contributed by atoms with Gasteiger partial charge in [0.15, 0.2) is 5.82 Å². The van der Waals surface area contributed by atoms with Gasteiger partial charge in [-0.25, -0.2) is 28.9 Å². The monoisotopic (exact) mass is 543 g/mol. The highest BCUT2D eigenvalue weighted by molar-refractivity contribution is 5.88. The Kier molecular flexibility index (Phi) is 7.91. The number of nitrogens with one attached hydrogen (secondary N) is 2. The first-order chi connectivity index (χ1) is 18.8. The second-order valence-electron chi connectivity index (χ2n) is 10.2. The van der Waals surface area contributed by atoms with Gasteiger partial charge in [0, 0.05) is 51.3 Å². The quantitative estimate of drug-likeness (QED) is 0.535. The largest absolute Gasteiger partial charge is 0.477 e. The molecule has 2 aromatic rings. The van der Waals surface area contributed by atoms with Crippen molar-refractivity contribution in [1.29, 1.82) is 0 Å². The van der Waals surface area contributed by atoms with Crippen molar-refractivity contribution in [2.24, 2.45) is 5.92 Å². The maximum Gasteiger partial charge on any atom is 0.413 e. The van der Waals surface area contributed by atoms with Crippen molar-refractivity contribution in [3.8, 4) is 5.88 Å². The van der Waals surface area contributed by atoms with Gasteiger partial charge in [0.1, 0.15) is 18.1 Å². The van der Waals surface area contributed by atoms with Crippen LogP contribution in [0.4, 0.5) is 31.6 Å². The molecule has 0 aromatic carbocycles. The van der Waals surface area contributed by atoms with Gasteiger partial charge in [-0.2, -0.15) is 4.98 Å². The molecule has 1 saturated carbocycles. The minimum atomic E-state index is -1.24. The van der Waals surface area contributed by atoms with Crippen molar-refractivity contribution in [1.82, 2.24) is 29.7 Å². The van der Waals surface area contributed by atoms with Gasteiger partial charge in [-0.1, -0.05) is 0 Å². The van der Waals surface area contributed by atoms with Crippen LogP contribution in [0.5, 0.6) is 5.88 Å². The zero-order valence-corrected chi connectivity index (χ0v) is 22.3. The fraction of sp³-hybridized carbons (Fsp3) is 0.600. The van der Waals surface area contributed by atoms with Crippen molar-refractivity contribution in [3.05, 3.63) is 24.7 Å². The molecule has 2 aliphatic heterocycles. The topological polar surface area (TPSA) is 138 Å². The number of rotatable bonds is 7. The summed E-state index contributed by atoms with van der Waals surface area (Å²) in [4.78, 5) is 47.7. The third-order valence-corrected chi connectivity index (χ3v) is 7.64. The summed E-state index contributed by atoms with van der Waals surface area (Å²) >= 11 is 0. The summed E-state index contributed by atoms with van der Waals surface area (Å²) in [5.41, 5.74) is 0. The molecule has 39 heavy (non-hydrogen) atoms. The third kappa shape index (κ3) is 6.10. The second-order valence-corrected chi connectivity index (χ2v) is 10.2. The molecule has 0 radical (unpaired) electrons. The van der Waals surface area contributed by atoms with Gasteiger partial charge in [0.2, 0.25) is 11.8 Å². The van der Waals surface area contributed by atoms with E-state index in [4.69, 9.17) is 9.47 Å². The smallest absolute Gasteiger partial charge is 0.413 e. The highest BCUT2D eigenvalue weighted by Crippen LogP contribution is 2.38. The van der Waals surface area contributed by atoms with Crippen molar-refractivity contribution >= 4 is 29.7 Å². The Balaban J connectivity index is 1.17. The Labute approximate surface area is 226 Å². The summed E-state index contributed by atoms with van der Waals surface area (Å²) in [5.74, 6) is 1.56. The van der Waals surface area contributed by atoms with E-state index >= 15 is 0 Å². The van der Waals surface area contributed by atoms with Crippen molar-refractivity contribution < 1.29 is 23.5 Å². The number of hydrogen-bond acceptors (Lipinski definition) is 10. The fourth-order valence-corrected chi connectivity index (χ4v) is 5.52. The number of hydrogen-bond donors (Lipinski definition) is 2. The maximum atomic E-state index is 14.9. The molecule has 4 heterocycles. The van der Waals surface area contributed by atoms with E-state index in [2.05, 4.69) is 42.5 Å². The molecule has 2 bridgehead atoms. The van der Waals surface area contributed by atoms with Crippen LogP contribution < -0.4 is 20.3 Å². The van der Waals surface area contributed by atoms with Crippen molar-refractivity contribution in [2.75, 3.05) is 55.9 Å². The van der Waals surface area contributed by atoms with Crippen LogP contribution in [0.3, 0.4) is 0 Å². The van der Waals surface area contributed by atoms with Gasteiger partial charge in [-0.15, -0.1) is 0 Å². The molecule has 13 nitrogen and oxygen atoms in total. The van der Waals surface area contributed by atoms with Crippen LogP contribution >= 0.6 is 0 Å². The number of likely N-dealkylation sites (tertiary alicyclic amines) is 1. The SMILES string of the molecule is CCOc1cnc(NC(=O)N(C)[C@H]2CN(c3nccc(NC(=O)O[C@H]4C[C@@H]5C[C@H]4CN5C)n3)CC[C@H]2F)cn1. The molecule has 1 aliphatic carbocycles. The number of carbonyl (C=O) groups excluding carboxylic acids is 2. The average molecular weight is 544 g/mol. The van der Waals surface area contributed by atoms with Crippen molar-refractivity contribution in [3.63, 3.8) is 0 Å². The zero-order valence-electron chi connectivity index (χ0n) is 22.3. The molecule has 5 atom stereocenters. The minimum absolute atomic E-state index is 0.0906. The van der Waals surface area contributed by atoms with E-state index in [9.17, 15) is 14.0 Å². The highest BCUT2D eigenvalue weighted by Gasteiger charge is 2.45. The number of urea groups is 1. The minimum Gasteiger partial charge on any atom is -0.477 e. The van der Waals surface area contributed by atoms with E-state index < -0.39 is 24.3 Å². The van der Waals surface area contributed by atoms with E-state index in [-0.39, 0.29) is 24.9 Å². The van der Waals surface area contributed by atoms with Crippen LogP contribution in [0.25, 0.3) is 0 Å². The molecular weight excluding hydrogens is 509 g/mol. The van der Waals surface area contributed by atoms with E-state index in [1.807, 2.05) is 6.92 Å². The zero-order chi connectivity index (χ0) is 27.5. The van der Waals surface area contributed by atoms with Crippen LogP contribution in [-0.2, 0) is 4.74 Å². The van der Waals surface area contributed by atoms with Crippen LogP contribution in [0.15, 0.2) is 24.7 Å². The molecule has 2 aromatic heterocycles. The summed E-state index contributed by atoms with van der Waals surface area (Å²) in [6, 6.07) is 0.777. The Hall–Kier alpha value is -3.81. The molecule has 14 heteroatoms. The van der Waals surface area contributed by atoms with Gasteiger partial charge in [-0.3, -0.25) is 10.6 Å². The lowest BCUT2D eigenvalue weighted by Crippen LogP contribution is -2.55. The fourth-order valence-electron chi connectivity index (χ4n) is 5.52. The normalized spacial score (nSPS) is 26.3. The predicted molar refractivity (Wildman–Crippen MR) is 141 cm³/mol. The summed E-state index contributed by atoms with van der Waals surface area (Å²) in [6.07, 6.45) is 4.53. The maximum absolute atomic E-state index is 14.9. The molecule has 3 amide bonds. The molecule has 3 aliphatic rings. The van der Waals surface area contributed by atoms with Gasteiger partial charge in [-0.05, 0) is 32.9 Å². The lowest BCUT2D eigenvalue weighted by atomic mass is 10.0. The molecule has 2 saturated heterocycles. The molecule has 2 N–H and O–H groups in total. The van der Waals surface area contributed by atoms with E-state index in [0.717, 1.165) is 19.4 Å². The number of fused-ring (bicyclic) bond motifs is 2. The number of piperidine rings is 2. The molecule has 5 rings (SSSR count). The average Bonchev–Trinajstić information content (AvgIpc) is 3.49. The lowest BCUT2D eigenvalue weighted by Gasteiger charge is -2.39. The van der Waals surface area contributed by atoms with Crippen molar-refractivity contribution in [2.45, 2.75) is 50.5 Å². The Morgan fingerprint density at radius 2 is 2.00 bits per heavy atom. The number of likely N-dealkylation sites (N-methyl/N-ethyl adjacent to an activating group) is 1. The third-order valence-electron chi connectivity index (χ3n) is 7.64. The number of alkyl halides is 1. The molecule has 0 unspecified atom stereocenters. The molecule has 210 valence electrons. The standard InChI is InChI=1S/C25H34FN9O4/c1-4-38-22-12-28-21(11-29-22)31-24(36)34(3)18-14-35(8-6-17(18)26)23-27-7-5-20(30-23)32-25(37)39-19-10-16-9-15(19)13-33(16)2/h5,7,11-12,15-19H,4,6,8-10,13-14H2,1-3H3,(H,28,31,36)(H,27,30,32,37)/t15-,16-,17+,18-,19-/m0/s1. The summed E-state index contributed by atoms with van der Waals surface area (Å²) in [6.45, 7) is 3.76. The van der Waals surface area contributed by atoms with Crippen LogP contribution in [0, 0.1) is 5.92 Å². The number of carbonyl (C=O) groups is 2. The number of aromatic nitrogens is 4. The number of ether oxygens (including phenoxy) is 2. The van der Waals surface area contributed by atoms with Crippen LogP contribution in [0.2, 0.25) is 0 Å². The Bertz CT molecular complexity index is 1170. The summed E-state index contributed by atoms with van der Waals surface area (Å²) < 4.78 is 25.9. The summed E-state index contributed by atoms with van der Waals surface area (Å²) in [7, 11) is 3.63. The first kappa shape index (κ1) is 26.8. The first-order valence-electron chi connectivity index (χ1n) is 13.2. The van der Waals surface area contributed by atoms with Gasteiger partial charge in [0.05, 0.1) is 25.0 Å². The van der Waals surface area contributed by atoms with Crippen LogP contribution in [0.1, 0.15) is 26.2 Å². The Morgan fingerprint density at radius 3 is 2.69 bits per heavy atom. The molecular formula is C25H34FN9O4. The first-order valence-corrected chi connectivity index (χ1v) is 13.2. The van der Waals surface area contributed by atoms with Gasteiger partial charge < -0.3 is 24.2 Å². The van der Waals surface area contributed by atoms with E-state index in [1.54, 1.807) is 11.0 Å². The summed E-state index contributed by atoms with van der Waals surface area (Å²) in [5, 5.41) is 5.33. The number of halogens is 1.